The molecule has 8 nitrogen and oxygen atoms in total. The van der Waals surface area contributed by atoms with Gasteiger partial charge in [0.05, 0.1) is 18.3 Å². The molecule has 0 N–H and O–H groups in total. The molecule has 0 atom stereocenters. The van der Waals surface area contributed by atoms with Gasteiger partial charge in [-0.1, -0.05) is 25.1 Å². The van der Waals surface area contributed by atoms with Crippen molar-refractivity contribution in [2.45, 2.75) is 26.8 Å². The summed E-state index contributed by atoms with van der Waals surface area (Å²) < 4.78 is 17.0. The second kappa shape index (κ2) is 10.0. The predicted octanol–water partition coefficient (Wildman–Crippen LogP) is 2.96. The van der Waals surface area contributed by atoms with Gasteiger partial charge >= 0.3 is 11.9 Å². The maximum absolute atomic E-state index is 12.8. The van der Waals surface area contributed by atoms with Crippen LogP contribution in [-0.2, 0) is 20.8 Å². The van der Waals surface area contributed by atoms with Crippen molar-refractivity contribution in [2.75, 3.05) is 19.8 Å². The molecule has 3 rings (SSSR count). The zero-order valence-corrected chi connectivity index (χ0v) is 17.6. The molecule has 158 valence electrons. The molecule has 0 aliphatic heterocycles. The number of esters is 2. The van der Waals surface area contributed by atoms with Crippen molar-refractivity contribution in [3.63, 3.8) is 0 Å². The van der Waals surface area contributed by atoms with Crippen LogP contribution in [0.2, 0.25) is 0 Å². The molecular weight excluding hydrogens is 408 g/mol. The SMILES string of the molecule is CCCOC(=O)Cn1cnc2sc(C(=O)OCCOc3ccccc3)c(C)c2c1=O. The Bertz CT molecular complexity index is 1090. The second-order valence-corrected chi connectivity index (χ2v) is 7.43. The van der Waals surface area contributed by atoms with Crippen molar-refractivity contribution < 1.29 is 23.8 Å². The Kier molecular flexibility index (Phi) is 7.18. The van der Waals surface area contributed by atoms with Crippen molar-refractivity contribution in [3.8, 4) is 5.75 Å². The van der Waals surface area contributed by atoms with Crippen molar-refractivity contribution in [3.05, 3.63) is 57.5 Å². The third-order valence-corrected chi connectivity index (χ3v) is 5.38. The van der Waals surface area contributed by atoms with E-state index in [9.17, 15) is 14.4 Å². The van der Waals surface area contributed by atoms with Gasteiger partial charge in [0.2, 0.25) is 0 Å². The minimum atomic E-state index is -0.541. The number of benzene rings is 1. The van der Waals surface area contributed by atoms with Gasteiger partial charge in [-0.25, -0.2) is 9.78 Å². The molecule has 1 aromatic carbocycles. The van der Waals surface area contributed by atoms with Crippen LogP contribution >= 0.6 is 11.3 Å². The van der Waals surface area contributed by atoms with E-state index in [0.29, 0.717) is 39.4 Å². The van der Waals surface area contributed by atoms with Gasteiger partial charge in [-0.15, -0.1) is 11.3 Å². The molecule has 2 heterocycles. The molecule has 0 saturated heterocycles. The molecule has 30 heavy (non-hydrogen) atoms. The summed E-state index contributed by atoms with van der Waals surface area (Å²) in [6.45, 7) is 3.90. The summed E-state index contributed by atoms with van der Waals surface area (Å²) in [6.07, 6.45) is 1.99. The number of aryl methyl sites for hydroxylation is 1. The lowest BCUT2D eigenvalue weighted by Crippen LogP contribution is -2.25. The molecule has 2 aromatic heterocycles. The highest BCUT2D eigenvalue weighted by Crippen LogP contribution is 2.27. The van der Waals surface area contributed by atoms with Crippen molar-refractivity contribution in [2.24, 2.45) is 0 Å². The summed E-state index contributed by atoms with van der Waals surface area (Å²) in [6, 6.07) is 9.21. The second-order valence-electron chi connectivity index (χ2n) is 6.43. The molecule has 0 unspecified atom stereocenters. The summed E-state index contributed by atoms with van der Waals surface area (Å²) >= 11 is 1.09. The standard InChI is InChI=1S/C21H22N2O6S/c1-3-9-28-16(24)12-23-13-22-19-17(20(23)25)14(2)18(30-19)21(26)29-11-10-27-15-7-5-4-6-8-15/h4-8,13H,3,9-12H2,1-2H3. The Balaban J connectivity index is 1.68. The van der Waals surface area contributed by atoms with Gasteiger partial charge in [0.15, 0.2) is 0 Å². The van der Waals surface area contributed by atoms with Crippen LogP contribution in [0, 0.1) is 6.92 Å². The van der Waals surface area contributed by atoms with Gasteiger partial charge < -0.3 is 14.2 Å². The maximum Gasteiger partial charge on any atom is 0.348 e. The highest BCUT2D eigenvalue weighted by Gasteiger charge is 2.21. The molecule has 0 aliphatic carbocycles. The van der Waals surface area contributed by atoms with E-state index in [0.717, 1.165) is 11.3 Å². The lowest BCUT2D eigenvalue weighted by atomic mass is 10.2. The number of carbonyl (C=O) groups is 2. The first-order valence-corrected chi connectivity index (χ1v) is 10.3. The van der Waals surface area contributed by atoms with E-state index in [-0.39, 0.29) is 19.8 Å². The van der Waals surface area contributed by atoms with Crippen LogP contribution in [0.15, 0.2) is 41.5 Å². The number of nitrogens with zero attached hydrogens (tertiary/aromatic N) is 2. The molecule has 0 bridgehead atoms. The lowest BCUT2D eigenvalue weighted by Gasteiger charge is -2.07. The van der Waals surface area contributed by atoms with Gasteiger partial charge in [0, 0.05) is 0 Å². The summed E-state index contributed by atoms with van der Waals surface area (Å²) in [7, 11) is 0. The molecule has 0 fully saturated rings. The number of para-hydroxylation sites is 1. The highest BCUT2D eigenvalue weighted by molar-refractivity contribution is 7.20. The van der Waals surface area contributed by atoms with Gasteiger partial charge in [-0.2, -0.15) is 0 Å². The van der Waals surface area contributed by atoms with Crippen molar-refractivity contribution in [1.82, 2.24) is 9.55 Å². The first-order chi connectivity index (χ1) is 14.5. The number of hydrogen-bond donors (Lipinski definition) is 0. The van der Waals surface area contributed by atoms with E-state index in [2.05, 4.69) is 4.98 Å². The number of fused-ring (bicyclic) bond motifs is 1. The van der Waals surface area contributed by atoms with Crippen LogP contribution in [0.25, 0.3) is 10.2 Å². The van der Waals surface area contributed by atoms with E-state index in [1.165, 1.54) is 10.9 Å². The van der Waals surface area contributed by atoms with Crippen LogP contribution in [0.5, 0.6) is 5.75 Å². The lowest BCUT2D eigenvalue weighted by molar-refractivity contribution is -0.144. The van der Waals surface area contributed by atoms with Gasteiger partial charge in [-0.3, -0.25) is 14.2 Å². The van der Waals surface area contributed by atoms with Crippen LogP contribution in [-0.4, -0.2) is 41.3 Å². The van der Waals surface area contributed by atoms with Gasteiger partial charge in [0.1, 0.15) is 35.2 Å². The average Bonchev–Trinajstić information content (AvgIpc) is 3.09. The molecule has 0 amide bonds. The summed E-state index contributed by atoms with van der Waals surface area (Å²) in [5.74, 6) is -0.361. The first-order valence-electron chi connectivity index (χ1n) is 9.50. The Morgan fingerprint density at radius 1 is 1.10 bits per heavy atom. The van der Waals surface area contributed by atoms with Crippen molar-refractivity contribution >= 4 is 33.5 Å². The summed E-state index contributed by atoms with van der Waals surface area (Å²) in [5.41, 5.74) is 0.0893. The molecule has 0 saturated carbocycles. The number of carbonyl (C=O) groups excluding carboxylic acids is 2. The number of rotatable bonds is 9. The quantitative estimate of drug-likeness (QED) is 0.380. The predicted molar refractivity (Wildman–Crippen MR) is 112 cm³/mol. The minimum Gasteiger partial charge on any atom is -0.490 e. The largest absolute Gasteiger partial charge is 0.490 e. The molecule has 0 spiro atoms. The third kappa shape index (κ3) is 5.04. The van der Waals surface area contributed by atoms with Crippen LogP contribution in [0.4, 0.5) is 0 Å². The van der Waals surface area contributed by atoms with E-state index in [4.69, 9.17) is 14.2 Å². The third-order valence-electron chi connectivity index (χ3n) is 4.20. The summed E-state index contributed by atoms with van der Waals surface area (Å²) in [5, 5.41) is 0.304. The smallest absolute Gasteiger partial charge is 0.348 e. The monoisotopic (exact) mass is 430 g/mol. The maximum atomic E-state index is 12.8. The summed E-state index contributed by atoms with van der Waals surface area (Å²) in [4.78, 5) is 42.0. The fraction of sp³-hybridized carbons (Fsp3) is 0.333. The van der Waals surface area contributed by atoms with E-state index < -0.39 is 17.5 Å². The Labute approximate surface area is 177 Å². The van der Waals surface area contributed by atoms with Gasteiger partial charge in [0.25, 0.3) is 5.56 Å². The van der Waals surface area contributed by atoms with Crippen LogP contribution in [0.1, 0.15) is 28.6 Å². The number of aromatic nitrogens is 2. The number of ether oxygens (including phenoxy) is 3. The zero-order chi connectivity index (χ0) is 21.5. The van der Waals surface area contributed by atoms with E-state index in [1.807, 2.05) is 37.3 Å². The average molecular weight is 430 g/mol. The van der Waals surface area contributed by atoms with E-state index in [1.54, 1.807) is 6.92 Å². The highest BCUT2D eigenvalue weighted by atomic mass is 32.1. The van der Waals surface area contributed by atoms with Gasteiger partial charge in [-0.05, 0) is 31.0 Å². The molecular formula is C21H22N2O6S. The fourth-order valence-corrected chi connectivity index (χ4v) is 3.78. The Hall–Kier alpha value is -3.20. The van der Waals surface area contributed by atoms with Crippen LogP contribution < -0.4 is 10.3 Å². The molecule has 9 heteroatoms. The topological polar surface area (TPSA) is 96.7 Å². The first kappa shape index (κ1) is 21.5. The normalized spacial score (nSPS) is 10.7. The molecule has 3 aromatic rings. The Morgan fingerprint density at radius 2 is 1.87 bits per heavy atom. The minimum absolute atomic E-state index is 0.0718. The van der Waals surface area contributed by atoms with Crippen LogP contribution in [0.3, 0.4) is 0 Å². The number of hydrogen-bond acceptors (Lipinski definition) is 8. The molecule has 0 radical (unpaired) electrons. The molecule has 0 aliphatic rings. The van der Waals surface area contributed by atoms with Crippen molar-refractivity contribution in [1.29, 1.82) is 0 Å². The fourth-order valence-electron chi connectivity index (χ4n) is 2.74. The Morgan fingerprint density at radius 3 is 2.60 bits per heavy atom. The van der Waals surface area contributed by atoms with E-state index >= 15 is 0 Å². The zero-order valence-electron chi connectivity index (χ0n) is 16.8. The number of thiophene rings is 1.